The van der Waals surface area contributed by atoms with E-state index in [0.29, 0.717) is 29.9 Å². The van der Waals surface area contributed by atoms with E-state index in [1.165, 1.54) is 12.5 Å². The molecule has 9 heteroatoms. The van der Waals surface area contributed by atoms with Crippen molar-refractivity contribution in [3.8, 4) is 0 Å². The molecule has 1 aliphatic rings. The molecular formula is C21H24F3N5O. The number of likely N-dealkylation sites (tertiary alicyclic amines) is 1. The summed E-state index contributed by atoms with van der Waals surface area (Å²) in [6.45, 7) is 2.44. The SMILES string of the molecule is FC(F)(F)c1cccc(Cc2noc(CN3CCCC[C@@H]3CCn3ccnc3)n2)c1. The van der Waals surface area contributed by atoms with E-state index >= 15 is 0 Å². The summed E-state index contributed by atoms with van der Waals surface area (Å²) in [5.41, 5.74) is -0.161. The van der Waals surface area contributed by atoms with Crippen molar-refractivity contribution in [3.63, 3.8) is 0 Å². The van der Waals surface area contributed by atoms with Crippen molar-refractivity contribution in [3.05, 3.63) is 65.8 Å². The van der Waals surface area contributed by atoms with E-state index in [1.54, 1.807) is 12.3 Å². The Hall–Kier alpha value is -2.68. The molecule has 3 aromatic rings. The smallest absolute Gasteiger partial charge is 0.338 e. The van der Waals surface area contributed by atoms with E-state index in [1.807, 2.05) is 12.5 Å². The first-order chi connectivity index (χ1) is 14.5. The summed E-state index contributed by atoms with van der Waals surface area (Å²) in [5.74, 6) is 0.905. The average molecular weight is 419 g/mol. The van der Waals surface area contributed by atoms with E-state index in [2.05, 4.69) is 24.6 Å². The Morgan fingerprint density at radius 1 is 1.20 bits per heavy atom. The second-order valence-electron chi connectivity index (χ2n) is 7.69. The van der Waals surface area contributed by atoms with Crippen molar-refractivity contribution in [2.24, 2.45) is 0 Å². The summed E-state index contributed by atoms with van der Waals surface area (Å²) in [6.07, 6.45) is 5.89. The van der Waals surface area contributed by atoms with Crippen molar-refractivity contribution >= 4 is 0 Å². The lowest BCUT2D eigenvalue weighted by atomic mass is 9.99. The van der Waals surface area contributed by atoms with Crippen LogP contribution in [0, 0.1) is 0 Å². The molecular weight excluding hydrogens is 395 g/mol. The predicted molar refractivity (Wildman–Crippen MR) is 103 cm³/mol. The standard InChI is InChI=1S/C21H24F3N5O/c22-21(23,24)17-5-3-4-16(12-17)13-19-26-20(30-27-19)14-29-9-2-1-6-18(29)7-10-28-11-8-25-15-28/h3-5,8,11-12,15,18H,1-2,6-7,9-10,13-14H2/t18-/m1/s1. The van der Waals surface area contributed by atoms with E-state index < -0.39 is 11.7 Å². The molecule has 1 aromatic carbocycles. The molecule has 160 valence electrons. The Labute approximate surface area is 172 Å². The molecule has 2 aromatic heterocycles. The molecule has 1 aliphatic heterocycles. The first-order valence-corrected chi connectivity index (χ1v) is 10.1. The van der Waals surface area contributed by atoms with Crippen LogP contribution in [0.25, 0.3) is 0 Å². The maximum absolute atomic E-state index is 12.9. The van der Waals surface area contributed by atoms with Crippen molar-refractivity contribution < 1.29 is 17.7 Å². The number of rotatable bonds is 7. The minimum Gasteiger partial charge on any atom is -0.338 e. The van der Waals surface area contributed by atoms with Gasteiger partial charge in [-0.25, -0.2) is 4.98 Å². The Morgan fingerprint density at radius 2 is 2.10 bits per heavy atom. The Balaban J connectivity index is 1.37. The fraction of sp³-hybridized carbons (Fsp3) is 0.476. The van der Waals surface area contributed by atoms with Crippen molar-refractivity contribution in [1.29, 1.82) is 0 Å². The molecule has 0 unspecified atom stereocenters. The van der Waals surface area contributed by atoms with Gasteiger partial charge < -0.3 is 9.09 Å². The summed E-state index contributed by atoms with van der Waals surface area (Å²) in [7, 11) is 0. The number of aryl methyl sites for hydroxylation is 1. The highest BCUT2D eigenvalue weighted by Gasteiger charge is 2.30. The zero-order chi connectivity index (χ0) is 21.0. The molecule has 0 radical (unpaired) electrons. The molecule has 0 saturated carbocycles. The number of piperidine rings is 1. The van der Waals surface area contributed by atoms with Crippen molar-refractivity contribution in [2.45, 2.75) is 57.4 Å². The first-order valence-electron chi connectivity index (χ1n) is 10.1. The monoisotopic (exact) mass is 419 g/mol. The van der Waals surface area contributed by atoms with E-state index in [4.69, 9.17) is 4.52 Å². The highest BCUT2D eigenvalue weighted by molar-refractivity contribution is 5.27. The highest BCUT2D eigenvalue weighted by atomic mass is 19.4. The number of benzene rings is 1. The summed E-state index contributed by atoms with van der Waals surface area (Å²) in [4.78, 5) is 10.9. The summed E-state index contributed by atoms with van der Waals surface area (Å²) < 4.78 is 46.2. The van der Waals surface area contributed by atoms with Crippen LogP contribution in [0.1, 0.15) is 48.5 Å². The lowest BCUT2D eigenvalue weighted by Gasteiger charge is -2.34. The normalized spacial score (nSPS) is 18.0. The Kier molecular flexibility index (Phi) is 6.17. The lowest BCUT2D eigenvalue weighted by Crippen LogP contribution is -2.39. The molecule has 30 heavy (non-hydrogen) atoms. The fourth-order valence-corrected chi connectivity index (χ4v) is 3.95. The van der Waals surface area contributed by atoms with Crippen LogP contribution in [-0.4, -0.2) is 37.2 Å². The topological polar surface area (TPSA) is 60.0 Å². The summed E-state index contributed by atoms with van der Waals surface area (Å²) in [6, 6.07) is 5.66. The molecule has 6 nitrogen and oxygen atoms in total. The number of imidazole rings is 1. The van der Waals surface area contributed by atoms with Crippen LogP contribution in [0.4, 0.5) is 13.2 Å². The molecule has 1 saturated heterocycles. The van der Waals surface area contributed by atoms with E-state index in [9.17, 15) is 13.2 Å². The second kappa shape index (κ2) is 8.99. The van der Waals surface area contributed by atoms with Gasteiger partial charge in [-0.15, -0.1) is 0 Å². The minimum absolute atomic E-state index is 0.206. The lowest BCUT2D eigenvalue weighted by molar-refractivity contribution is -0.137. The van der Waals surface area contributed by atoms with Crippen LogP contribution in [-0.2, 0) is 25.7 Å². The minimum atomic E-state index is -4.36. The number of nitrogens with zero attached hydrogens (tertiary/aromatic N) is 5. The van der Waals surface area contributed by atoms with Crippen molar-refractivity contribution in [2.75, 3.05) is 6.54 Å². The number of aromatic nitrogens is 4. The molecule has 4 rings (SSSR count). The highest BCUT2D eigenvalue weighted by Crippen LogP contribution is 2.30. The number of hydrogen-bond acceptors (Lipinski definition) is 5. The average Bonchev–Trinajstić information content (AvgIpc) is 3.39. The third-order valence-corrected chi connectivity index (χ3v) is 5.49. The molecule has 0 spiro atoms. The zero-order valence-electron chi connectivity index (χ0n) is 16.6. The number of hydrogen-bond donors (Lipinski definition) is 0. The molecule has 0 N–H and O–H groups in total. The second-order valence-corrected chi connectivity index (χ2v) is 7.69. The molecule has 1 fully saturated rings. The Morgan fingerprint density at radius 3 is 2.90 bits per heavy atom. The first kappa shape index (κ1) is 20.6. The van der Waals surface area contributed by atoms with Gasteiger partial charge in [0.25, 0.3) is 0 Å². The van der Waals surface area contributed by atoms with Crippen LogP contribution < -0.4 is 0 Å². The van der Waals surface area contributed by atoms with Gasteiger partial charge in [0, 0.05) is 31.4 Å². The van der Waals surface area contributed by atoms with Gasteiger partial charge >= 0.3 is 6.18 Å². The van der Waals surface area contributed by atoms with Gasteiger partial charge in [0.1, 0.15) is 0 Å². The van der Waals surface area contributed by atoms with Gasteiger partial charge in [-0.05, 0) is 37.4 Å². The summed E-state index contributed by atoms with van der Waals surface area (Å²) >= 11 is 0. The fourth-order valence-electron chi connectivity index (χ4n) is 3.95. The van der Waals surface area contributed by atoms with Crippen LogP contribution in [0.2, 0.25) is 0 Å². The maximum atomic E-state index is 12.9. The molecule has 0 bridgehead atoms. The number of alkyl halides is 3. The van der Waals surface area contributed by atoms with Gasteiger partial charge in [-0.2, -0.15) is 18.2 Å². The van der Waals surface area contributed by atoms with Gasteiger partial charge in [0.05, 0.1) is 18.4 Å². The van der Waals surface area contributed by atoms with E-state index in [-0.39, 0.29) is 6.42 Å². The Bertz CT molecular complexity index is 938. The largest absolute Gasteiger partial charge is 0.416 e. The third-order valence-electron chi connectivity index (χ3n) is 5.49. The van der Waals surface area contributed by atoms with Gasteiger partial charge in [-0.3, -0.25) is 4.90 Å². The van der Waals surface area contributed by atoms with Crippen molar-refractivity contribution in [1.82, 2.24) is 24.6 Å². The van der Waals surface area contributed by atoms with Crippen LogP contribution in [0.5, 0.6) is 0 Å². The zero-order valence-corrected chi connectivity index (χ0v) is 16.6. The molecule has 0 aliphatic carbocycles. The maximum Gasteiger partial charge on any atom is 0.416 e. The molecule has 1 atom stereocenters. The van der Waals surface area contributed by atoms with Gasteiger partial charge in [0.15, 0.2) is 5.82 Å². The summed E-state index contributed by atoms with van der Waals surface area (Å²) in [5, 5.41) is 3.97. The third kappa shape index (κ3) is 5.27. The van der Waals surface area contributed by atoms with Gasteiger partial charge in [0.2, 0.25) is 5.89 Å². The van der Waals surface area contributed by atoms with E-state index in [0.717, 1.165) is 44.5 Å². The molecule has 0 amide bonds. The van der Waals surface area contributed by atoms with Gasteiger partial charge in [-0.1, -0.05) is 29.8 Å². The van der Waals surface area contributed by atoms with Crippen LogP contribution >= 0.6 is 0 Å². The van der Waals surface area contributed by atoms with Crippen LogP contribution in [0.15, 0.2) is 47.5 Å². The molecule has 3 heterocycles. The van der Waals surface area contributed by atoms with Crippen LogP contribution in [0.3, 0.4) is 0 Å². The number of halogens is 3. The predicted octanol–water partition coefficient (Wildman–Crippen LogP) is 4.32. The quantitative estimate of drug-likeness (QED) is 0.571.